The third-order valence-corrected chi connectivity index (χ3v) is 9.52. The smallest absolute Gasteiger partial charge is 0.385 e. The van der Waals surface area contributed by atoms with Gasteiger partial charge < -0.3 is 10.4 Å². The van der Waals surface area contributed by atoms with Gasteiger partial charge in [-0.1, -0.05) is 36.4 Å². The molecule has 2 atom stereocenters. The third kappa shape index (κ3) is 3.63. The highest BCUT2D eigenvalue weighted by atomic mass is 32.2. The van der Waals surface area contributed by atoms with Crippen molar-refractivity contribution >= 4 is 9.84 Å². The molecule has 2 N–H and O–H groups in total. The first-order valence-electron chi connectivity index (χ1n) is 10.7. The molecule has 0 amide bonds. The van der Waals surface area contributed by atoms with Gasteiger partial charge >= 0.3 is 6.18 Å². The summed E-state index contributed by atoms with van der Waals surface area (Å²) in [5.74, 6) is 0. The maximum absolute atomic E-state index is 14.4. The Morgan fingerprint density at radius 2 is 1.59 bits per heavy atom. The molecule has 4 rings (SSSR count). The molecule has 1 saturated carbocycles. The number of benzene rings is 2. The number of rotatable bonds is 6. The first-order valence-corrected chi connectivity index (χ1v) is 12.2. The summed E-state index contributed by atoms with van der Waals surface area (Å²) in [4.78, 5) is -0.0687. The fourth-order valence-corrected chi connectivity index (χ4v) is 6.81. The fraction of sp³-hybridized carbons (Fsp3) is 0.478. The molecular weight excluding hydrogens is 484 g/mol. The highest BCUT2D eigenvalue weighted by Gasteiger charge is 2.64. The zero-order chi connectivity index (χ0) is 25.0. The van der Waals surface area contributed by atoms with Crippen LogP contribution in [0.15, 0.2) is 53.4 Å². The van der Waals surface area contributed by atoms with E-state index >= 15 is 0 Å². The number of halogens is 6. The van der Waals surface area contributed by atoms with Gasteiger partial charge in [0.25, 0.3) is 12.1 Å². The summed E-state index contributed by atoms with van der Waals surface area (Å²) >= 11 is 0. The van der Waals surface area contributed by atoms with Crippen LogP contribution in [-0.2, 0) is 25.9 Å². The molecule has 2 aromatic carbocycles. The summed E-state index contributed by atoms with van der Waals surface area (Å²) in [6, 6.07) is 8.99. The molecule has 1 aliphatic heterocycles. The van der Waals surface area contributed by atoms with Crippen molar-refractivity contribution in [3.8, 4) is 0 Å². The molecule has 2 aromatic rings. The lowest BCUT2D eigenvalue weighted by Gasteiger charge is -2.37. The van der Waals surface area contributed by atoms with Gasteiger partial charge in [0.05, 0.1) is 10.5 Å². The van der Waals surface area contributed by atoms with E-state index in [9.17, 15) is 39.9 Å². The summed E-state index contributed by atoms with van der Waals surface area (Å²) in [6.07, 6.45) is -8.34. The van der Waals surface area contributed by atoms with Crippen molar-refractivity contribution in [2.45, 2.75) is 59.2 Å². The number of sulfone groups is 1. The first-order chi connectivity index (χ1) is 15.8. The Bertz CT molecular complexity index is 1160. The minimum absolute atomic E-state index is 0.0628. The van der Waals surface area contributed by atoms with Crippen LogP contribution in [0.1, 0.15) is 42.4 Å². The third-order valence-electron chi connectivity index (χ3n) is 7.04. The van der Waals surface area contributed by atoms with E-state index in [4.69, 9.17) is 0 Å². The molecular formula is C23H23F6NO3S. The SMILES string of the molecule is O=S(=O)(c1cccc(C2(O)CCC2)c1)C1(c2ccc(C(F)(C(F)F)C(F)(F)F)cc2)CCNC1. The molecule has 34 heavy (non-hydrogen) atoms. The van der Waals surface area contributed by atoms with Crippen LogP contribution < -0.4 is 5.32 Å². The number of nitrogens with one attached hydrogen (secondary N) is 1. The van der Waals surface area contributed by atoms with Crippen LogP contribution in [0.2, 0.25) is 0 Å². The van der Waals surface area contributed by atoms with Crippen molar-refractivity contribution in [2.24, 2.45) is 0 Å². The quantitative estimate of drug-likeness (QED) is 0.556. The summed E-state index contributed by atoms with van der Waals surface area (Å²) < 4.78 is 106. The number of hydrogen-bond acceptors (Lipinski definition) is 4. The standard InChI is InChI=1S/C23H23F6NO3S/c24-19(25)22(26,23(27,28)29)16-7-5-15(6-8-16)21(11-12-30-14-21)34(32,33)18-4-1-3-17(13-18)20(31)9-2-10-20/h1,3-8,13,19,30-31H,2,9-12,14H2. The van der Waals surface area contributed by atoms with Crippen molar-refractivity contribution in [2.75, 3.05) is 13.1 Å². The molecule has 0 aromatic heterocycles. The first kappa shape index (κ1) is 25.0. The predicted molar refractivity (Wildman–Crippen MR) is 112 cm³/mol. The Labute approximate surface area is 192 Å². The summed E-state index contributed by atoms with van der Waals surface area (Å²) in [5, 5.41) is 13.6. The van der Waals surface area contributed by atoms with Crippen LogP contribution in [0.5, 0.6) is 0 Å². The van der Waals surface area contributed by atoms with Crippen LogP contribution in [0, 0.1) is 0 Å². The Balaban J connectivity index is 1.77. The van der Waals surface area contributed by atoms with Gasteiger partial charge in [0.2, 0.25) is 0 Å². The van der Waals surface area contributed by atoms with E-state index in [-0.39, 0.29) is 30.0 Å². The van der Waals surface area contributed by atoms with E-state index in [1.54, 1.807) is 6.07 Å². The normalized spacial score (nSPS) is 24.6. The van der Waals surface area contributed by atoms with Gasteiger partial charge in [-0.3, -0.25) is 0 Å². The fourth-order valence-electron chi connectivity index (χ4n) is 4.71. The molecule has 0 bridgehead atoms. The molecule has 1 aliphatic carbocycles. The molecule has 4 nitrogen and oxygen atoms in total. The molecule has 2 fully saturated rings. The Morgan fingerprint density at radius 1 is 0.941 bits per heavy atom. The number of alkyl halides is 6. The molecule has 1 saturated heterocycles. The van der Waals surface area contributed by atoms with E-state index in [1.807, 2.05) is 0 Å². The van der Waals surface area contributed by atoms with Crippen molar-refractivity contribution in [3.05, 3.63) is 65.2 Å². The zero-order valence-corrected chi connectivity index (χ0v) is 18.7. The molecule has 0 spiro atoms. The van der Waals surface area contributed by atoms with Crippen molar-refractivity contribution in [1.29, 1.82) is 0 Å². The van der Waals surface area contributed by atoms with E-state index in [0.717, 1.165) is 18.6 Å². The molecule has 1 heterocycles. The van der Waals surface area contributed by atoms with Gasteiger partial charge in [-0.25, -0.2) is 21.6 Å². The van der Waals surface area contributed by atoms with Gasteiger partial charge in [0, 0.05) is 12.1 Å². The molecule has 2 aliphatic rings. The lowest BCUT2D eigenvalue weighted by Crippen LogP contribution is -2.44. The van der Waals surface area contributed by atoms with Crippen LogP contribution in [-0.4, -0.2) is 39.2 Å². The van der Waals surface area contributed by atoms with E-state index < -0.39 is 44.0 Å². The second-order valence-electron chi connectivity index (χ2n) is 8.93. The minimum atomic E-state index is -5.86. The van der Waals surface area contributed by atoms with Gasteiger partial charge in [-0.05, 0) is 55.5 Å². The monoisotopic (exact) mass is 507 g/mol. The van der Waals surface area contributed by atoms with Gasteiger partial charge in [-0.2, -0.15) is 13.2 Å². The topological polar surface area (TPSA) is 66.4 Å². The average molecular weight is 507 g/mol. The highest BCUT2D eigenvalue weighted by Crippen LogP contribution is 2.48. The lowest BCUT2D eigenvalue weighted by molar-refractivity contribution is -0.274. The Kier molecular flexibility index (Phi) is 6.05. The number of aliphatic hydroxyl groups is 1. The van der Waals surface area contributed by atoms with Crippen molar-refractivity contribution in [1.82, 2.24) is 5.32 Å². The largest absolute Gasteiger partial charge is 0.432 e. The predicted octanol–water partition coefficient (Wildman–Crippen LogP) is 4.71. The minimum Gasteiger partial charge on any atom is -0.385 e. The molecule has 186 valence electrons. The van der Waals surface area contributed by atoms with Gasteiger partial charge in [-0.15, -0.1) is 0 Å². The molecule has 2 unspecified atom stereocenters. The Hall–Kier alpha value is -2.11. The lowest BCUT2D eigenvalue weighted by atomic mass is 9.75. The second kappa shape index (κ2) is 8.23. The Morgan fingerprint density at radius 3 is 2.06 bits per heavy atom. The van der Waals surface area contributed by atoms with E-state index in [2.05, 4.69) is 5.32 Å². The summed E-state index contributed by atoms with van der Waals surface area (Å²) in [7, 11) is -4.15. The van der Waals surface area contributed by atoms with Gasteiger partial charge in [0.15, 0.2) is 9.84 Å². The maximum Gasteiger partial charge on any atom is 0.432 e. The number of hydrogen-bond donors (Lipinski definition) is 2. The van der Waals surface area contributed by atoms with Crippen LogP contribution in [0.3, 0.4) is 0 Å². The van der Waals surface area contributed by atoms with Gasteiger partial charge in [0.1, 0.15) is 4.75 Å². The summed E-state index contributed by atoms with van der Waals surface area (Å²) in [6.45, 7) is 0.218. The van der Waals surface area contributed by atoms with Crippen molar-refractivity contribution < 1.29 is 39.9 Å². The average Bonchev–Trinajstić information content (AvgIpc) is 3.28. The van der Waals surface area contributed by atoms with E-state index in [0.29, 0.717) is 30.5 Å². The molecule has 0 radical (unpaired) electrons. The second-order valence-corrected chi connectivity index (χ2v) is 11.2. The summed E-state index contributed by atoms with van der Waals surface area (Å²) in [5.41, 5.74) is -6.76. The molecule has 11 heteroatoms. The van der Waals surface area contributed by atoms with Crippen LogP contribution in [0.4, 0.5) is 26.3 Å². The zero-order valence-electron chi connectivity index (χ0n) is 17.9. The van der Waals surface area contributed by atoms with Crippen LogP contribution >= 0.6 is 0 Å². The van der Waals surface area contributed by atoms with E-state index in [1.165, 1.54) is 18.2 Å². The maximum atomic E-state index is 14.4. The highest BCUT2D eigenvalue weighted by molar-refractivity contribution is 7.92. The van der Waals surface area contributed by atoms with Crippen LogP contribution in [0.25, 0.3) is 0 Å². The van der Waals surface area contributed by atoms with Crippen molar-refractivity contribution in [3.63, 3.8) is 0 Å².